The second kappa shape index (κ2) is 4.05. The number of hydrogen-bond donors (Lipinski definition) is 1. The third-order valence-electron chi connectivity index (χ3n) is 4.47. The van der Waals surface area contributed by atoms with Crippen molar-refractivity contribution in [2.45, 2.75) is 27.7 Å². The van der Waals surface area contributed by atoms with Crippen LogP contribution in [0.1, 0.15) is 27.7 Å². The first-order chi connectivity index (χ1) is 8.18. The third kappa shape index (κ3) is 1.96. The van der Waals surface area contributed by atoms with Gasteiger partial charge in [-0.05, 0) is 45.0 Å². The minimum atomic E-state index is -0.327. The van der Waals surface area contributed by atoms with Crippen molar-refractivity contribution in [2.75, 3.05) is 5.32 Å². The monoisotopic (exact) mass is 313 g/mol. The Hall–Kier alpha value is -0.900. The van der Waals surface area contributed by atoms with Crippen LogP contribution in [0.5, 0.6) is 0 Å². The van der Waals surface area contributed by atoms with Crippen LogP contribution in [0.2, 0.25) is 0 Å². The van der Waals surface area contributed by atoms with Gasteiger partial charge in [-0.15, -0.1) is 0 Å². The molecule has 0 bridgehead atoms. The number of halogens is 2. The summed E-state index contributed by atoms with van der Waals surface area (Å²) < 4.78 is 13.5. The molecule has 1 saturated carbocycles. The van der Waals surface area contributed by atoms with Gasteiger partial charge in [0.05, 0.1) is 5.69 Å². The first-order valence-electron chi connectivity index (χ1n) is 5.94. The van der Waals surface area contributed by atoms with Gasteiger partial charge < -0.3 is 5.32 Å². The minimum absolute atomic E-state index is 0.00249. The van der Waals surface area contributed by atoms with Crippen molar-refractivity contribution < 1.29 is 9.18 Å². The number of anilines is 1. The predicted molar refractivity (Wildman–Crippen MR) is 73.8 cm³/mol. The Bertz CT molecular complexity index is 497. The molecule has 1 fully saturated rings. The summed E-state index contributed by atoms with van der Waals surface area (Å²) in [5, 5.41) is 2.86. The number of amides is 1. The normalized spacial score (nSPS) is 20.6. The first kappa shape index (κ1) is 13.5. The summed E-state index contributed by atoms with van der Waals surface area (Å²) in [4.78, 5) is 12.2. The minimum Gasteiger partial charge on any atom is -0.325 e. The Labute approximate surface area is 115 Å². The highest BCUT2D eigenvalue weighted by Crippen LogP contribution is 2.68. The van der Waals surface area contributed by atoms with E-state index in [1.807, 2.05) is 0 Å². The summed E-state index contributed by atoms with van der Waals surface area (Å²) in [6.45, 7) is 8.38. The van der Waals surface area contributed by atoms with E-state index in [1.54, 1.807) is 6.07 Å². The molecule has 0 aliphatic heterocycles. The SMILES string of the molecule is CC1(C)C(C(=O)Nc2ccc(F)cc2Br)C1(C)C. The van der Waals surface area contributed by atoms with Crippen LogP contribution in [-0.4, -0.2) is 5.91 Å². The molecule has 0 heterocycles. The highest BCUT2D eigenvalue weighted by atomic mass is 79.9. The summed E-state index contributed by atoms with van der Waals surface area (Å²) in [5.74, 6) is -0.341. The largest absolute Gasteiger partial charge is 0.325 e. The van der Waals surface area contributed by atoms with E-state index in [2.05, 4.69) is 48.9 Å². The van der Waals surface area contributed by atoms with E-state index < -0.39 is 0 Å². The maximum absolute atomic E-state index is 13.0. The molecular weight excluding hydrogens is 297 g/mol. The number of benzene rings is 1. The molecule has 0 atom stereocenters. The fourth-order valence-electron chi connectivity index (χ4n) is 2.65. The average Bonchev–Trinajstić information content (AvgIpc) is 2.62. The fraction of sp³-hybridized carbons (Fsp3) is 0.500. The van der Waals surface area contributed by atoms with Crippen LogP contribution >= 0.6 is 15.9 Å². The summed E-state index contributed by atoms with van der Waals surface area (Å²) in [6.07, 6.45) is 0. The van der Waals surface area contributed by atoms with Crippen molar-refractivity contribution in [3.8, 4) is 0 Å². The Balaban J connectivity index is 2.14. The van der Waals surface area contributed by atoms with Crippen LogP contribution in [0.4, 0.5) is 10.1 Å². The molecule has 1 aliphatic rings. The van der Waals surface area contributed by atoms with Crippen molar-refractivity contribution in [3.05, 3.63) is 28.5 Å². The van der Waals surface area contributed by atoms with Gasteiger partial charge >= 0.3 is 0 Å². The average molecular weight is 314 g/mol. The van der Waals surface area contributed by atoms with Gasteiger partial charge in [-0.3, -0.25) is 4.79 Å². The van der Waals surface area contributed by atoms with Gasteiger partial charge in [0, 0.05) is 10.4 Å². The Morgan fingerprint density at radius 1 is 1.28 bits per heavy atom. The smallest absolute Gasteiger partial charge is 0.228 e. The van der Waals surface area contributed by atoms with Gasteiger partial charge in [-0.25, -0.2) is 4.39 Å². The molecular formula is C14H17BrFNO. The predicted octanol–water partition coefficient (Wildman–Crippen LogP) is 4.21. The lowest BCUT2D eigenvalue weighted by molar-refractivity contribution is -0.118. The molecule has 2 nitrogen and oxygen atoms in total. The summed E-state index contributed by atoms with van der Waals surface area (Å²) in [5.41, 5.74) is 0.618. The van der Waals surface area contributed by atoms with Gasteiger partial charge in [-0.2, -0.15) is 0 Å². The Kier molecular flexibility index (Phi) is 3.05. The van der Waals surface area contributed by atoms with Crippen molar-refractivity contribution in [1.82, 2.24) is 0 Å². The van der Waals surface area contributed by atoms with Gasteiger partial charge in [0.1, 0.15) is 5.82 Å². The number of carbonyl (C=O) groups is 1. The maximum Gasteiger partial charge on any atom is 0.228 e. The zero-order valence-electron chi connectivity index (χ0n) is 11.0. The van der Waals surface area contributed by atoms with Crippen molar-refractivity contribution in [1.29, 1.82) is 0 Å². The lowest BCUT2D eigenvalue weighted by Crippen LogP contribution is -2.17. The topological polar surface area (TPSA) is 29.1 Å². The second-order valence-electron chi connectivity index (χ2n) is 5.99. The van der Waals surface area contributed by atoms with E-state index in [-0.39, 0.29) is 28.5 Å². The molecule has 0 saturated heterocycles. The fourth-order valence-corrected chi connectivity index (χ4v) is 3.10. The van der Waals surface area contributed by atoms with Gasteiger partial charge in [-0.1, -0.05) is 27.7 Å². The highest BCUT2D eigenvalue weighted by Gasteiger charge is 2.68. The first-order valence-corrected chi connectivity index (χ1v) is 6.73. The van der Waals surface area contributed by atoms with Crippen LogP contribution in [0.3, 0.4) is 0 Å². The van der Waals surface area contributed by atoms with Gasteiger partial charge in [0.15, 0.2) is 0 Å². The van der Waals surface area contributed by atoms with E-state index >= 15 is 0 Å². The second-order valence-corrected chi connectivity index (χ2v) is 6.84. The summed E-state index contributed by atoms with van der Waals surface area (Å²) in [7, 11) is 0. The molecule has 1 amide bonds. The highest BCUT2D eigenvalue weighted by molar-refractivity contribution is 9.10. The molecule has 18 heavy (non-hydrogen) atoms. The van der Waals surface area contributed by atoms with E-state index in [1.165, 1.54) is 12.1 Å². The molecule has 0 radical (unpaired) electrons. The molecule has 1 aromatic rings. The number of nitrogens with one attached hydrogen (secondary N) is 1. The number of carbonyl (C=O) groups excluding carboxylic acids is 1. The third-order valence-corrected chi connectivity index (χ3v) is 5.13. The summed E-state index contributed by atoms with van der Waals surface area (Å²) in [6, 6.07) is 4.25. The molecule has 2 rings (SSSR count). The Morgan fingerprint density at radius 3 is 2.28 bits per heavy atom. The molecule has 0 unspecified atom stereocenters. The lowest BCUT2D eigenvalue weighted by Gasteiger charge is -2.08. The van der Waals surface area contributed by atoms with Crippen molar-refractivity contribution in [2.24, 2.45) is 16.7 Å². The molecule has 1 aliphatic carbocycles. The van der Waals surface area contributed by atoms with Crippen LogP contribution < -0.4 is 5.32 Å². The van der Waals surface area contributed by atoms with E-state index in [0.29, 0.717) is 10.2 Å². The van der Waals surface area contributed by atoms with Crippen LogP contribution in [-0.2, 0) is 4.79 Å². The van der Waals surface area contributed by atoms with Crippen molar-refractivity contribution >= 4 is 27.5 Å². The molecule has 1 aromatic carbocycles. The van der Waals surface area contributed by atoms with E-state index in [9.17, 15) is 9.18 Å². The zero-order chi connectivity index (χ0) is 13.7. The van der Waals surface area contributed by atoms with Gasteiger partial charge in [0.25, 0.3) is 0 Å². The van der Waals surface area contributed by atoms with E-state index in [4.69, 9.17) is 0 Å². The molecule has 0 aromatic heterocycles. The zero-order valence-corrected chi connectivity index (χ0v) is 12.6. The van der Waals surface area contributed by atoms with Crippen LogP contribution in [0.25, 0.3) is 0 Å². The maximum atomic E-state index is 13.0. The summed E-state index contributed by atoms with van der Waals surface area (Å²) >= 11 is 3.25. The molecule has 98 valence electrons. The quantitative estimate of drug-likeness (QED) is 0.870. The number of rotatable bonds is 2. The lowest BCUT2D eigenvalue weighted by atomic mass is 10.0. The van der Waals surface area contributed by atoms with Crippen molar-refractivity contribution in [3.63, 3.8) is 0 Å². The number of hydrogen-bond acceptors (Lipinski definition) is 1. The molecule has 0 spiro atoms. The standard InChI is InChI=1S/C14H17BrFNO/c1-13(2)11(14(13,3)4)12(18)17-10-6-5-8(16)7-9(10)15/h5-7,11H,1-4H3,(H,17,18). The van der Waals surface area contributed by atoms with Crippen LogP contribution in [0.15, 0.2) is 22.7 Å². The van der Waals surface area contributed by atoms with Crippen LogP contribution in [0, 0.1) is 22.6 Å². The Morgan fingerprint density at radius 2 is 1.83 bits per heavy atom. The molecule has 1 N–H and O–H groups in total. The van der Waals surface area contributed by atoms with Gasteiger partial charge in [0.2, 0.25) is 5.91 Å². The molecule has 4 heteroatoms. The van der Waals surface area contributed by atoms with E-state index in [0.717, 1.165) is 0 Å².